The van der Waals surface area contributed by atoms with Crippen LogP contribution in [0.5, 0.6) is 0 Å². The van der Waals surface area contributed by atoms with Crippen molar-refractivity contribution in [3.05, 3.63) is 0 Å². The maximum atomic E-state index is 12.7. The van der Waals surface area contributed by atoms with E-state index in [0.29, 0.717) is 6.42 Å². The number of hydrogen-bond donors (Lipinski definition) is 3. The van der Waals surface area contributed by atoms with Crippen LogP contribution >= 0.6 is 0 Å². The summed E-state index contributed by atoms with van der Waals surface area (Å²) >= 11 is 0. The number of rotatable bonds is 43. The van der Waals surface area contributed by atoms with Crippen LogP contribution in [0.1, 0.15) is 251 Å². The first kappa shape index (κ1) is 49.9. The highest BCUT2D eigenvalue weighted by Gasteiger charge is 2.34. The number of aliphatic hydroxyl groups excluding tert-OH is 1. The summed E-state index contributed by atoms with van der Waals surface area (Å²) in [6, 6.07) is 0. The van der Waals surface area contributed by atoms with Gasteiger partial charge in [-0.1, -0.05) is 219 Å². The fourth-order valence-electron chi connectivity index (χ4n) is 7.97. The maximum absolute atomic E-state index is 12.7. The smallest absolute Gasteiger partial charge is 0.306 e. The van der Waals surface area contributed by atoms with Crippen molar-refractivity contribution in [2.75, 3.05) is 6.79 Å². The third kappa shape index (κ3) is 34.4. The molecule has 6 heteroatoms. The highest BCUT2D eigenvalue weighted by Crippen LogP contribution is 2.32. The standard InChI is InChI=1S/C45H88O6/c1-3-5-7-9-11-12-13-14-15-16-17-18-19-20-22-26-29-33-37-42(45(49)50)41(43(51-40-46)38-34-30-10-8-6-4-2)36-32-28-25-23-21-24-27-31-35-39-44(47)48/h41-43,46H,3-40H2,1-2H3,(H,47,48)(H,49,50). The third-order valence-electron chi connectivity index (χ3n) is 11.2. The summed E-state index contributed by atoms with van der Waals surface area (Å²) in [6.45, 7) is 4.17. The summed E-state index contributed by atoms with van der Waals surface area (Å²) in [5, 5.41) is 29.0. The van der Waals surface area contributed by atoms with E-state index in [1.165, 1.54) is 141 Å². The lowest BCUT2D eigenvalue weighted by Crippen LogP contribution is -2.35. The van der Waals surface area contributed by atoms with Crippen LogP contribution < -0.4 is 0 Å². The molecule has 0 saturated carbocycles. The highest BCUT2D eigenvalue weighted by molar-refractivity contribution is 5.70. The molecule has 0 aliphatic heterocycles. The number of carboxylic acids is 2. The minimum Gasteiger partial charge on any atom is -0.481 e. The van der Waals surface area contributed by atoms with Crippen LogP contribution in [-0.4, -0.2) is 40.2 Å². The molecule has 304 valence electrons. The summed E-state index contributed by atoms with van der Waals surface area (Å²) in [4.78, 5) is 23.3. The third-order valence-corrected chi connectivity index (χ3v) is 11.2. The Hall–Kier alpha value is -1.14. The first-order valence-corrected chi connectivity index (χ1v) is 22.6. The Bertz CT molecular complexity index is 727. The number of ether oxygens (including phenoxy) is 1. The van der Waals surface area contributed by atoms with E-state index < -0.39 is 17.9 Å². The van der Waals surface area contributed by atoms with Crippen molar-refractivity contribution in [2.24, 2.45) is 11.8 Å². The summed E-state index contributed by atoms with van der Waals surface area (Å²) < 4.78 is 5.92. The predicted octanol–water partition coefficient (Wildman–Crippen LogP) is 14.2. The molecule has 0 aromatic rings. The van der Waals surface area contributed by atoms with Gasteiger partial charge in [0.15, 0.2) is 0 Å². The Labute approximate surface area is 317 Å². The minimum absolute atomic E-state index is 0.0506. The number of aliphatic hydroxyl groups is 1. The Morgan fingerprint density at radius 2 is 0.745 bits per heavy atom. The van der Waals surface area contributed by atoms with Crippen LogP contribution in [0.15, 0.2) is 0 Å². The molecule has 0 heterocycles. The molecule has 0 radical (unpaired) electrons. The van der Waals surface area contributed by atoms with E-state index in [-0.39, 0.29) is 25.2 Å². The molecule has 0 fully saturated rings. The summed E-state index contributed by atoms with van der Waals surface area (Å²) in [5.74, 6) is -1.85. The first-order chi connectivity index (χ1) is 25.0. The molecule has 0 amide bonds. The van der Waals surface area contributed by atoms with E-state index in [1.54, 1.807) is 0 Å². The van der Waals surface area contributed by atoms with Gasteiger partial charge in [0.05, 0.1) is 12.0 Å². The number of carbonyl (C=O) groups is 2. The monoisotopic (exact) mass is 725 g/mol. The predicted molar refractivity (Wildman–Crippen MR) is 216 cm³/mol. The molecule has 3 unspecified atom stereocenters. The first-order valence-electron chi connectivity index (χ1n) is 22.6. The van der Waals surface area contributed by atoms with Crippen LogP contribution in [0, 0.1) is 11.8 Å². The highest BCUT2D eigenvalue weighted by atomic mass is 16.6. The van der Waals surface area contributed by atoms with Gasteiger partial charge >= 0.3 is 11.9 Å². The maximum Gasteiger partial charge on any atom is 0.306 e. The zero-order valence-electron chi connectivity index (χ0n) is 34.2. The minimum atomic E-state index is -0.701. The summed E-state index contributed by atoms with van der Waals surface area (Å²) in [7, 11) is 0. The fourth-order valence-corrected chi connectivity index (χ4v) is 7.97. The summed E-state index contributed by atoms with van der Waals surface area (Å²) in [6.07, 6.45) is 43.3. The molecule has 6 nitrogen and oxygen atoms in total. The van der Waals surface area contributed by atoms with E-state index in [2.05, 4.69) is 13.8 Å². The normalized spacial score (nSPS) is 13.4. The van der Waals surface area contributed by atoms with E-state index in [4.69, 9.17) is 9.84 Å². The Morgan fingerprint density at radius 1 is 0.431 bits per heavy atom. The van der Waals surface area contributed by atoms with Crippen molar-refractivity contribution < 1.29 is 29.6 Å². The largest absolute Gasteiger partial charge is 0.481 e. The van der Waals surface area contributed by atoms with Crippen molar-refractivity contribution in [1.29, 1.82) is 0 Å². The van der Waals surface area contributed by atoms with Gasteiger partial charge in [0.2, 0.25) is 0 Å². The number of unbranched alkanes of at least 4 members (excludes halogenated alkanes) is 30. The van der Waals surface area contributed by atoms with Gasteiger partial charge in [-0.05, 0) is 31.6 Å². The number of carboxylic acid groups (broad SMARTS) is 2. The Balaban J connectivity index is 4.51. The van der Waals surface area contributed by atoms with Crippen molar-refractivity contribution in [3.63, 3.8) is 0 Å². The quantitative estimate of drug-likeness (QED) is 0.0427. The molecule has 51 heavy (non-hydrogen) atoms. The van der Waals surface area contributed by atoms with Gasteiger partial charge in [0.1, 0.15) is 6.79 Å². The fraction of sp³-hybridized carbons (Fsp3) is 0.956. The molecule has 0 aliphatic rings. The van der Waals surface area contributed by atoms with Gasteiger partial charge in [-0.25, -0.2) is 0 Å². The van der Waals surface area contributed by atoms with Gasteiger partial charge in [0, 0.05) is 6.42 Å². The van der Waals surface area contributed by atoms with E-state index >= 15 is 0 Å². The number of hydrogen-bond acceptors (Lipinski definition) is 4. The van der Waals surface area contributed by atoms with Crippen LogP contribution in [0.4, 0.5) is 0 Å². The van der Waals surface area contributed by atoms with Crippen molar-refractivity contribution in [2.45, 2.75) is 258 Å². The van der Waals surface area contributed by atoms with Gasteiger partial charge < -0.3 is 20.1 Å². The topological polar surface area (TPSA) is 104 Å². The van der Waals surface area contributed by atoms with Crippen LogP contribution in [0.25, 0.3) is 0 Å². The van der Waals surface area contributed by atoms with Gasteiger partial charge in [-0.2, -0.15) is 0 Å². The summed E-state index contributed by atoms with van der Waals surface area (Å²) in [5.41, 5.74) is 0. The molecule has 3 N–H and O–H groups in total. The molecular formula is C45H88O6. The van der Waals surface area contributed by atoms with Gasteiger partial charge in [-0.3, -0.25) is 9.59 Å². The van der Waals surface area contributed by atoms with E-state index in [1.807, 2.05) is 0 Å². The molecule has 0 bridgehead atoms. The second-order valence-electron chi connectivity index (χ2n) is 15.9. The average molecular weight is 725 g/mol. The number of aliphatic carboxylic acids is 2. The van der Waals surface area contributed by atoms with E-state index in [0.717, 1.165) is 83.5 Å². The lowest BCUT2D eigenvalue weighted by atomic mass is 9.78. The van der Waals surface area contributed by atoms with Crippen molar-refractivity contribution in [3.8, 4) is 0 Å². The molecule has 0 rings (SSSR count). The lowest BCUT2D eigenvalue weighted by Gasteiger charge is -2.32. The zero-order chi connectivity index (χ0) is 37.5. The zero-order valence-corrected chi connectivity index (χ0v) is 34.2. The lowest BCUT2D eigenvalue weighted by molar-refractivity contribution is -0.150. The second kappa shape index (κ2) is 40.1. The van der Waals surface area contributed by atoms with Crippen LogP contribution in [0.3, 0.4) is 0 Å². The van der Waals surface area contributed by atoms with Gasteiger partial charge in [-0.15, -0.1) is 0 Å². The molecule has 0 aromatic heterocycles. The Morgan fingerprint density at radius 3 is 1.08 bits per heavy atom. The SMILES string of the molecule is CCCCCCCCCCCCCCCCCCCCC(C(=O)O)C(CCCCCCCCCCCC(=O)O)C(CCCCCCCC)OCO. The second-order valence-corrected chi connectivity index (χ2v) is 15.9. The molecule has 0 aliphatic carbocycles. The van der Waals surface area contributed by atoms with Gasteiger partial charge in [0.25, 0.3) is 0 Å². The average Bonchev–Trinajstić information content (AvgIpc) is 3.11. The molecule has 0 saturated heterocycles. The van der Waals surface area contributed by atoms with Crippen molar-refractivity contribution >= 4 is 11.9 Å². The van der Waals surface area contributed by atoms with Crippen molar-refractivity contribution in [1.82, 2.24) is 0 Å². The molecule has 0 aromatic carbocycles. The molecule has 0 spiro atoms. The molecular weight excluding hydrogens is 636 g/mol. The van der Waals surface area contributed by atoms with Crippen LogP contribution in [-0.2, 0) is 14.3 Å². The Kier molecular flexibility index (Phi) is 39.2. The van der Waals surface area contributed by atoms with Crippen LogP contribution in [0.2, 0.25) is 0 Å². The molecule has 3 atom stereocenters. The van der Waals surface area contributed by atoms with E-state index in [9.17, 15) is 19.8 Å².